The number of aryl methyl sites for hydroxylation is 1. The molecule has 5 rings (SSSR count). The van der Waals surface area contributed by atoms with E-state index in [4.69, 9.17) is 0 Å². The third-order valence-electron chi connectivity index (χ3n) is 7.65. The van der Waals surface area contributed by atoms with Gasteiger partial charge in [0.2, 0.25) is 5.91 Å². The van der Waals surface area contributed by atoms with Gasteiger partial charge in [-0.3, -0.25) is 9.59 Å². The van der Waals surface area contributed by atoms with Crippen LogP contribution in [0.2, 0.25) is 0 Å². The summed E-state index contributed by atoms with van der Waals surface area (Å²) in [7, 11) is 0. The molecule has 1 unspecified atom stereocenters. The number of tetrazole rings is 1. The molecule has 3 heterocycles. The molecule has 2 aromatic carbocycles. The first-order valence-corrected chi connectivity index (χ1v) is 12.6. The molecule has 2 N–H and O–H groups in total. The first kappa shape index (κ1) is 24.1. The van der Waals surface area contributed by atoms with Gasteiger partial charge in [-0.15, -0.1) is 5.10 Å². The van der Waals surface area contributed by atoms with Gasteiger partial charge in [0, 0.05) is 50.8 Å². The van der Waals surface area contributed by atoms with Crippen LogP contribution in [0.1, 0.15) is 46.4 Å². The highest BCUT2D eigenvalue weighted by molar-refractivity contribution is 5.99. The maximum Gasteiger partial charge on any atom is 0.254 e. The van der Waals surface area contributed by atoms with E-state index in [9.17, 15) is 9.59 Å². The molecule has 0 spiro atoms. The highest BCUT2D eigenvalue weighted by Crippen LogP contribution is 2.34. The zero-order chi connectivity index (χ0) is 25.2. The Morgan fingerprint density at radius 3 is 2.42 bits per heavy atom. The maximum absolute atomic E-state index is 13.6. The van der Waals surface area contributed by atoms with Crippen LogP contribution < -0.4 is 5.32 Å². The highest BCUT2D eigenvalue weighted by Gasteiger charge is 2.42. The molecule has 0 radical (unpaired) electrons. The van der Waals surface area contributed by atoms with Crippen molar-refractivity contribution in [3.05, 3.63) is 64.7 Å². The van der Waals surface area contributed by atoms with Gasteiger partial charge in [0.1, 0.15) is 0 Å². The summed E-state index contributed by atoms with van der Waals surface area (Å²) in [5.41, 5.74) is 4.62. The summed E-state index contributed by atoms with van der Waals surface area (Å²) in [5, 5.41) is 17.3. The molecule has 2 aliphatic rings. The second-order valence-electron chi connectivity index (χ2n) is 10.1. The molecule has 2 saturated heterocycles. The number of benzene rings is 2. The lowest BCUT2D eigenvalue weighted by molar-refractivity contribution is -0.119. The number of H-pyrrole nitrogens is 1. The van der Waals surface area contributed by atoms with Crippen molar-refractivity contribution in [2.75, 3.05) is 32.7 Å². The van der Waals surface area contributed by atoms with Crippen LogP contribution in [0.5, 0.6) is 0 Å². The normalized spacial score (nSPS) is 20.4. The molecule has 2 fully saturated rings. The number of hydrogen-bond acceptors (Lipinski definition) is 6. The first-order valence-electron chi connectivity index (χ1n) is 12.6. The zero-order valence-electron chi connectivity index (χ0n) is 21.1. The fourth-order valence-corrected chi connectivity index (χ4v) is 5.87. The average molecular weight is 488 g/mol. The van der Waals surface area contributed by atoms with Crippen LogP contribution in [0.3, 0.4) is 0 Å². The summed E-state index contributed by atoms with van der Waals surface area (Å²) in [6, 6.07) is 14.1. The number of amides is 2. The van der Waals surface area contributed by atoms with E-state index >= 15 is 0 Å². The van der Waals surface area contributed by atoms with Gasteiger partial charge in [-0.25, -0.2) is 5.10 Å². The predicted octanol–water partition coefficient (Wildman–Crippen LogP) is 2.75. The number of rotatable bonds is 7. The summed E-state index contributed by atoms with van der Waals surface area (Å²) in [5.74, 6) is 1.61. The Morgan fingerprint density at radius 1 is 1.06 bits per heavy atom. The minimum absolute atomic E-state index is 0.00877. The maximum atomic E-state index is 13.6. The summed E-state index contributed by atoms with van der Waals surface area (Å²) in [4.78, 5) is 29.9. The molecule has 0 saturated carbocycles. The molecule has 0 bridgehead atoms. The highest BCUT2D eigenvalue weighted by atomic mass is 16.2. The molecule has 9 heteroatoms. The number of likely N-dealkylation sites (tertiary alicyclic amines) is 2. The number of hydrogen-bond donors (Lipinski definition) is 2. The summed E-state index contributed by atoms with van der Waals surface area (Å²) < 4.78 is 0. The van der Waals surface area contributed by atoms with Gasteiger partial charge in [0.05, 0.1) is 6.04 Å². The summed E-state index contributed by atoms with van der Waals surface area (Å²) in [6.07, 6.45) is 0.868. The number of aromatic nitrogens is 4. The zero-order valence-corrected chi connectivity index (χ0v) is 21.1. The van der Waals surface area contributed by atoms with Crippen LogP contribution in [0.4, 0.5) is 0 Å². The second-order valence-corrected chi connectivity index (χ2v) is 10.1. The largest absolute Gasteiger partial charge is 0.349 e. The number of nitrogens with one attached hydrogen (secondary N) is 2. The molecular formula is C27H33N7O2. The van der Waals surface area contributed by atoms with Gasteiger partial charge in [0.25, 0.3) is 5.91 Å². The van der Waals surface area contributed by atoms with E-state index in [1.807, 2.05) is 49.1 Å². The standard InChI is InChI=1S/C27H33N7O2/c1-17-9-10-23(26-29-31-32-30-26)18(2)25(17)27(36)34-15-21-13-33(14-22(21)16-34)12-11-24(28-19(3)35)20-7-5-4-6-8-20/h4-10,21-22,24H,11-16H2,1-3H3,(H,28,35)(H,29,30,31,32)/t21-,22+,24?. The summed E-state index contributed by atoms with van der Waals surface area (Å²) >= 11 is 0. The van der Waals surface area contributed by atoms with Crippen molar-refractivity contribution in [2.45, 2.75) is 33.2 Å². The topological polar surface area (TPSA) is 107 Å². The molecule has 0 aliphatic carbocycles. The molecule has 188 valence electrons. The number of carbonyl (C=O) groups excluding carboxylic acids is 2. The van der Waals surface area contributed by atoms with Crippen molar-refractivity contribution in [3.63, 3.8) is 0 Å². The minimum Gasteiger partial charge on any atom is -0.349 e. The molecule has 2 aliphatic heterocycles. The summed E-state index contributed by atoms with van der Waals surface area (Å²) in [6.45, 7) is 9.97. The number of carbonyl (C=O) groups is 2. The Hall–Kier alpha value is -3.59. The van der Waals surface area contributed by atoms with Crippen LogP contribution >= 0.6 is 0 Å². The van der Waals surface area contributed by atoms with Crippen molar-refractivity contribution in [1.29, 1.82) is 0 Å². The van der Waals surface area contributed by atoms with E-state index in [-0.39, 0.29) is 17.9 Å². The third kappa shape index (κ3) is 4.88. The molecule has 2 amide bonds. The van der Waals surface area contributed by atoms with Crippen LogP contribution in [0.15, 0.2) is 42.5 Å². The molecule has 3 aromatic rings. The molecule has 1 aromatic heterocycles. The molecule has 36 heavy (non-hydrogen) atoms. The number of fused-ring (bicyclic) bond motifs is 1. The predicted molar refractivity (Wildman–Crippen MR) is 136 cm³/mol. The van der Waals surface area contributed by atoms with Crippen LogP contribution in [0.25, 0.3) is 11.4 Å². The van der Waals surface area contributed by atoms with E-state index in [1.54, 1.807) is 6.92 Å². The Bertz CT molecular complexity index is 1210. The number of nitrogens with zero attached hydrogens (tertiary/aromatic N) is 5. The van der Waals surface area contributed by atoms with E-state index in [0.29, 0.717) is 17.7 Å². The van der Waals surface area contributed by atoms with E-state index in [0.717, 1.165) is 67.0 Å². The fraction of sp³-hybridized carbons (Fsp3) is 0.444. The second kappa shape index (κ2) is 10.2. The SMILES string of the molecule is CC(=O)NC(CCN1C[C@@H]2CN(C(=O)c3c(C)ccc(-c4nnn[nH]4)c3C)C[C@@H]2C1)c1ccccc1. The lowest BCUT2D eigenvalue weighted by Crippen LogP contribution is -2.35. The Balaban J connectivity index is 1.21. The van der Waals surface area contributed by atoms with Crippen LogP contribution in [0, 0.1) is 25.7 Å². The van der Waals surface area contributed by atoms with Crippen molar-refractivity contribution in [3.8, 4) is 11.4 Å². The van der Waals surface area contributed by atoms with Crippen LogP contribution in [-0.2, 0) is 4.79 Å². The Kier molecular flexibility index (Phi) is 6.82. The molecule has 3 atom stereocenters. The number of aromatic amines is 1. The molecule has 9 nitrogen and oxygen atoms in total. The van der Waals surface area contributed by atoms with E-state index in [2.05, 4.69) is 43.0 Å². The first-order chi connectivity index (χ1) is 17.4. The van der Waals surface area contributed by atoms with Gasteiger partial charge in [0.15, 0.2) is 5.82 Å². The van der Waals surface area contributed by atoms with Gasteiger partial charge in [-0.05, 0) is 59.2 Å². The minimum atomic E-state index is -0.00877. The van der Waals surface area contributed by atoms with Gasteiger partial charge >= 0.3 is 0 Å². The van der Waals surface area contributed by atoms with Crippen molar-refractivity contribution >= 4 is 11.8 Å². The lowest BCUT2D eigenvalue weighted by Gasteiger charge is -2.25. The van der Waals surface area contributed by atoms with Crippen molar-refractivity contribution in [2.24, 2.45) is 11.8 Å². The van der Waals surface area contributed by atoms with Gasteiger partial charge in [-0.1, -0.05) is 42.5 Å². The lowest BCUT2D eigenvalue weighted by atomic mass is 9.96. The van der Waals surface area contributed by atoms with Gasteiger partial charge in [-0.2, -0.15) is 0 Å². The van der Waals surface area contributed by atoms with Crippen molar-refractivity contribution < 1.29 is 9.59 Å². The molecular weight excluding hydrogens is 454 g/mol. The third-order valence-corrected chi connectivity index (χ3v) is 7.65. The Morgan fingerprint density at radius 2 is 1.78 bits per heavy atom. The van der Waals surface area contributed by atoms with Gasteiger partial charge < -0.3 is 15.1 Å². The Labute approximate surface area is 211 Å². The monoisotopic (exact) mass is 487 g/mol. The van der Waals surface area contributed by atoms with E-state index < -0.39 is 0 Å². The quantitative estimate of drug-likeness (QED) is 0.531. The van der Waals surface area contributed by atoms with Crippen LogP contribution in [-0.4, -0.2) is 75.0 Å². The smallest absolute Gasteiger partial charge is 0.254 e. The van der Waals surface area contributed by atoms with E-state index in [1.165, 1.54) is 0 Å². The fourth-order valence-electron chi connectivity index (χ4n) is 5.87. The average Bonchev–Trinajstić information content (AvgIpc) is 3.59. The van der Waals surface area contributed by atoms with Crippen molar-refractivity contribution in [1.82, 2.24) is 35.7 Å².